The fourth-order valence-corrected chi connectivity index (χ4v) is 3.77. The zero-order valence-electron chi connectivity index (χ0n) is 12.3. The molecule has 1 fully saturated rings. The number of hydrogen-bond donors (Lipinski definition) is 1. The van der Waals surface area contributed by atoms with Crippen LogP contribution in [0, 0.1) is 0 Å². The molecule has 0 aromatic heterocycles. The molecular weight excluding hydrogens is 374 g/mol. The number of hydrogen-bond acceptors (Lipinski definition) is 6. The number of fused-ring (bicyclic) bond motifs is 1. The quantitative estimate of drug-likeness (QED) is 0.616. The highest BCUT2D eigenvalue weighted by Gasteiger charge is 2.32. The van der Waals surface area contributed by atoms with Gasteiger partial charge >= 0.3 is 5.97 Å². The Morgan fingerprint density at radius 2 is 2.12 bits per heavy atom. The lowest BCUT2D eigenvalue weighted by atomic mass is 10.2. The Labute approximate surface area is 152 Å². The van der Waals surface area contributed by atoms with E-state index >= 15 is 0 Å². The summed E-state index contributed by atoms with van der Waals surface area (Å²) in [7, 11) is 0. The van der Waals surface area contributed by atoms with Crippen molar-refractivity contribution in [1.29, 1.82) is 0 Å². The average molecular weight is 386 g/mol. The van der Waals surface area contributed by atoms with E-state index in [1.54, 1.807) is 18.2 Å². The molecule has 2 aliphatic rings. The van der Waals surface area contributed by atoms with E-state index in [1.165, 1.54) is 16.7 Å². The van der Waals surface area contributed by atoms with Gasteiger partial charge in [0.25, 0.3) is 5.91 Å². The second-order valence-corrected chi connectivity index (χ2v) is 7.14. The standard InChI is InChI=1S/C15H12ClNO5S2/c16-9-6-11-10(21-7-22-11)4-8(9)5-12-14(20)17(15(23)24-12)3-1-2-13(18)19/h4-6H,1-3,7H2,(H,18,19). The van der Waals surface area contributed by atoms with Crippen LogP contribution in [0.15, 0.2) is 17.0 Å². The maximum absolute atomic E-state index is 12.4. The number of ether oxygens (including phenoxy) is 2. The first-order chi connectivity index (χ1) is 11.5. The van der Waals surface area contributed by atoms with Crippen molar-refractivity contribution < 1.29 is 24.2 Å². The summed E-state index contributed by atoms with van der Waals surface area (Å²) < 4.78 is 11.0. The van der Waals surface area contributed by atoms with E-state index in [1.807, 2.05) is 0 Å². The molecule has 2 aliphatic heterocycles. The van der Waals surface area contributed by atoms with Crippen molar-refractivity contribution in [2.24, 2.45) is 0 Å². The SMILES string of the molecule is O=C(O)CCCN1C(=O)C(=Cc2cc3c(cc2Cl)OCO3)SC1=S. The molecule has 2 heterocycles. The second kappa shape index (κ2) is 7.00. The van der Waals surface area contributed by atoms with E-state index in [-0.39, 0.29) is 25.7 Å². The van der Waals surface area contributed by atoms with Gasteiger partial charge in [0, 0.05) is 19.0 Å². The third kappa shape index (κ3) is 3.50. The van der Waals surface area contributed by atoms with Gasteiger partial charge < -0.3 is 14.6 Å². The average Bonchev–Trinajstić information content (AvgIpc) is 3.06. The van der Waals surface area contributed by atoms with Crippen LogP contribution in [0.1, 0.15) is 18.4 Å². The highest BCUT2D eigenvalue weighted by atomic mass is 35.5. The van der Waals surface area contributed by atoms with E-state index in [0.717, 1.165) is 0 Å². The summed E-state index contributed by atoms with van der Waals surface area (Å²) in [6.07, 6.45) is 1.99. The van der Waals surface area contributed by atoms with Crippen LogP contribution in [-0.4, -0.2) is 39.5 Å². The number of thioether (sulfide) groups is 1. The molecule has 0 saturated carbocycles. The minimum Gasteiger partial charge on any atom is -0.481 e. The molecule has 1 aromatic carbocycles. The molecule has 0 spiro atoms. The third-order valence-electron chi connectivity index (χ3n) is 3.42. The number of carboxylic acid groups (broad SMARTS) is 1. The molecule has 24 heavy (non-hydrogen) atoms. The van der Waals surface area contributed by atoms with Gasteiger partial charge in [0.05, 0.1) is 9.93 Å². The molecule has 0 aliphatic carbocycles. The maximum atomic E-state index is 12.4. The molecule has 6 nitrogen and oxygen atoms in total. The fourth-order valence-electron chi connectivity index (χ4n) is 2.27. The lowest BCUT2D eigenvalue weighted by Crippen LogP contribution is -2.29. The van der Waals surface area contributed by atoms with Gasteiger partial charge in [-0.05, 0) is 24.1 Å². The Kier molecular flexibility index (Phi) is 4.98. The predicted octanol–water partition coefficient (Wildman–Crippen LogP) is 3.13. The number of halogens is 1. The molecule has 1 N–H and O–H groups in total. The number of thiocarbonyl (C=S) groups is 1. The highest BCUT2D eigenvalue weighted by molar-refractivity contribution is 8.26. The number of nitrogens with zero attached hydrogens (tertiary/aromatic N) is 1. The molecule has 126 valence electrons. The summed E-state index contributed by atoms with van der Waals surface area (Å²) in [6, 6.07) is 3.35. The Balaban J connectivity index is 1.78. The normalized spacial score (nSPS) is 17.9. The van der Waals surface area contributed by atoms with Crippen LogP contribution in [0.4, 0.5) is 0 Å². The largest absolute Gasteiger partial charge is 0.481 e. The minimum absolute atomic E-state index is 0.00982. The predicted molar refractivity (Wildman–Crippen MR) is 94.3 cm³/mol. The first kappa shape index (κ1) is 17.1. The Hall–Kier alpha value is -1.77. The molecule has 0 atom stereocenters. The number of rotatable bonds is 5. The number of aliphatic carboxylic acids is 1. The lowest BCUT2D eigenvalue weighted by molar-refractivity contribution is -0.137. The van der Waals surface area contributed by atoms with E-state index in [9.17, 15) is 9.59 Å². The van der Waals surface area contributed by atoms with E-state index in [2.05, 4.69) is 0 Å². The molecule has 1 saturated heterocycles. The van der Waals surface area contributed by atoms with Gasteiger partial charge in [-0.15, -0.1) is 0 Å². The zero-order chi connectivity index (χ0) is 17.3. The Bertz CT molecular complexity index is 764. The minimum atomic E-state index is -0.900. The van der Waals surface area contributed by atoms with Gasteiger partial charge in [-0.2, -0.15) is 0 Å². The summed E-state index contributed by atoms with van der Waals surface area (Å²) in [6.45, 7) is 0.421. The summed E-state index contributed by atoms with van der Waals surface area (Å²) in [5.41, 5.74) is 0.631. The van der Waals surface area contributed by atoms with Crippen molar-refractivity contribution >= 4 is 57.9 Å². The van der Waals surface area contributed by atoms with Crippen molar-refractivity contribution in [3.05, 3.63) is 27.6 Å². The molecular formula is C15H12ClNO5S2. The smallest absolute Gasteiger partial charge is 0.303 e. The van der Waals surface area contributed by atoms with Gasteiger partial charge in [-0.25, -0.2) is 0 Å². The van der Waals surface area contributed by atoms with Crippen molar-refractivity contribution in [3.8, 4) is 11.5 Å². The number of benzene rings is 1. The second-order valence-electron chi connectivity index (χ2n) is 5.06. The summed E-state index contributed by atoms with van der Waals surface area (Å²) >= 11 is 12.6. The summed E-state index contributed by atoms with van der Waals surface area (Å²) in [5.74, 6) is -0.00629. The first-order valence-electron chi connectivity index (χ1n) is 7.02. The van der Waals surface area contributed by atoms with Gasteiger partial charge in [-0.1, -0.05) is 35.6 Å². The van der Waals surface area contributed by atoms with Crippen LogP contribution in [-0.2, 0) is 9.59 Å². The summed E-state index contributed by atoms with van der Waals surface area (Å²) in [5, 5.41) is 9.12. The van der Waals surface area contributed by atoms with Crippen molar-refractivity contribution in [2.75, 3.05) is 13.3 Å². The van der Waals surface area contributed by atoms with Crippen LogP contribution in [0.2, 0.25) is 5.02 Å². The number of carbonyl (C=O) groups is 2. The molecule has 0 unspecified atom stereocenters. The van der Waals surface area contributed by atoms with E-state index < -0.39 is 5.97 Å². The van der Waals surface area contributed by atoms with Crippen molar-refractivity contribution in [1.82, 2.24) is 4.90 Å². The van der Waals surface area contributed by atoms with E-state index in [4.69, 9.17) is 38.4 Å². The van der Waals surface area contributed by atoms with Gasteiger partial charge in [0.15, 0.2) is 11.5 Å². The number of amides is 1. The third-order valence-corrected chi connectivity index (χ3v) is 5.13. The number of carboxylic acids is 1. The van der Waals surface area contributed by atoms with E-state index in [0.29, 0.717) is 37.7 Å². The Morgan fingerprint density at radius 3 is 2.83 bits per heavy atom. The van der Waals surface area contributed by atoms with Crippen LogP contribution in [0.3, 0.4) is 0 Å². The number of carbonyl (C=O) groups excluding carboxylic acids is 1. The van der Waals surface area contributed by atoms with Crippen LogP contribution in [0.5, 0.6) is 11.5 Å². The summed E-state index contributed by atoms with van der Waals surface area (Å²) in [4.78, 5) is 24.9. The Morgan fingerprint density at radius 1 is 1.42 bits per heavy atom. The topological polar surface area (TPSA) is 76.1 Å². The van der Waals surface area contributed by atoms with Crippen LogP contribution >= 0.6 is 35.6 Å². The maximum Gasteiger partial charge on any atom is 0.303 e. The lowest BCUT2D eigenvalue weighted by Gasteiger charge is -2.13. The fraction of sp³-hybridized carbons (Fsp3) is 0.267. The van der Waals surface area contributed by atoms with Crippen molar-refractivity contribution in [3.63, 3.8) is 0 Å². The van der Waals surface area contributed by atoms with Crippen molar-refractivity contribution in [2.45, 2.75) is 12.8 Å². The zero-order valence-corrected chi connectivity index (χ0v) is 14.7. The molecule has 1 aromatic rings. The first-order valence-corrected chi connectivity index (χ1v) is 8.62. The van der Waals surface area contributed by atoms with Gasteiger partial charge in [0.2, 0.25) is 6.79 Å². The highest BCUT2D eigenvalue weighted by Crippen LogP contribution is 2.39. The van der Waals surface area contributed by atoms with Gasteiger partial charge in [-0.3, -0.25) is 14.5 Å². The molecule has 3 rings (SSSR count). The molecule has 1 amide bonds. The monoisotopic (exact) mass is 385 g/mol. The molecule has 0 radical (unpaired) electrons. The van der Waals surface area contributed by atoms with Gasteiger partial charge in [0.1, 0.15) is 4.32 Å². The molecule has 9 heteroatoms. The van der Waals surface area contributed by atoms with Crippen LogP contribution < -0.4 is 9.47 Å². The van der Waals surface area contributed by atoms with Crippen LogP contribution in [0.25, 0.3) is 6.08 Å². The molecule has 0 bridgehead atoms.